The van der Waals surface area contributed by atoms with Gasteiger partial charge in [0.25, 0.3) is 0 Å². The van der Waals surface area contributed by atoms with Crippen LogP contribution in [0.25, 0.3) is 0 Å². The maximum absolute atomic E-state index is 10.4. The van der Waals surface area contributed by atoms with Crippen LogP contribution in [0.5, 0.6) is 0 Å². The van der Waals surface area contributed by atoms with Crippen LogP contribution in [0.15, 0.2) is 12.2 Å². The Morgan fingerprint density at radius 3 is 1.78 bits per heavy atom. The molecule has 0 heterocycles. The van der Waals surface area contributed by atoms with E-state index in [9.17, 15) is 14.4 Å². The highest BCUT2D eigenvalue weighted by molar-refractivity contribution is 5.89. The highest BCUT2D eigenvalue weighted by Crippen LogP contribution is 1.92. The summed E-state index contributed by atoms with van der Waals surface area (Å²) in [6, 6.07) is 0. The number of carbonyl (C=O) groups excluding carboxylic acids is 1. The fraction of sp³-hybridized carbons (Fsp3) is 0.545. The number of rotatable bonds is 5. The first-order valence-corrected chi connectivity index (χ1v) is 5.11. The highest BCUT2D eigenvalue weighted by Gasteiger charge is 2.04. The number of likely N-dealkylation sites (N-methyl/N-ethyl adjacent to an activating group) is 1. The minimum absolute atomic E-state index is 0.00694. The van der Waals surface area contributed by atoms with E-state index in [2.05, 4.69) is 0 Å². The molecule has 0 fully saturated rings. The summed E-state index contributed by atoms with van der Waals surface area (Å²) >= 11 is 0. The van der Waals surface area contributed by atoms with Crippen LogP contribution in [0.3, 0.4) is 0 Å². The predicted molar refractivity (Wildman–Crippen MR) is 64.2 cm³/mol. The van der Waals surface area contributed by atoms with Gasteiger partial charge in [0.1, 0.15) is 6.10 Å². The van der Waals surface area contributed by atoms with Gasteiger partial charge in [0.05, 0.1) is 0 Å². The quantitative estimate of drug-likeness (QED) is 0.538. The van der Waals surface area contributed by atoms with Crippen LogP contribution >= 0.6 is 0 Å². The van der Waals surface area contributed by atoms with Gasteiger partial charge < -0.3 is 19.8 Å². The van der Waals surface area contributed by atoms with Gasteiger partial charge >= 0.3 is 17.9 Å². The van der Waals surface area contributed by atoms with E-state index in [-0.39, 0.29) is 12.1 Å². The Hall–Kier alpha value is -1.89. The summed E-state index contributed by atoms with van der Waals surface area (Å²) < 4.78 is 4.88. The molecule has 2 N–H and O–H groups in total. The molecule has 0 saturated carbocycles. The van der Waals surface area contributed by atoms with Gasteiger partial charge in [0, 0.05) is 25.6 Å². The second-order valence-corrected chi connectivity index (χ2v) is 3.69. The molecule has 0 aliphatic carbocycles. The molecule has 0 aromatic rings. The Bertz CT molecular complexity index is 295. The first-order valence-electron chi connectivity index (χ1n) is 5.11. The zero-order valence-corrected chi connectivity index (χ0v) is 10.9. The van der Waals surface area contributed by atoms with Crippen molar-refractivity contribution >= 4 is 17.9 Å². The van der Waals surface area contributed by atoms with Gasteiger partial charge in [-0.15, -0.1) is 0 Å². The fourth-order valence-electron chi connectivity index (χ4n) is 0.977. The van der Waals surface area contributed by atoms with E-state index in [0.717, 1.165) is 6.54 Å². The molecule has 0 radical (unpaired) electrons. The van der Waals surface area contributed by atoms with Gasteiger partial charge in [-0.3, -0.25) is 4.79 Å². The van der Waals surface area contributed by atoms with Crippen molar-refractivity contribution in [1.82, 2.24) is 4.90 Å². The van der Waals surface area contributed by atoms with Crippen LogP contribution in [0.1, 0.15) is 13.8 Å². The third-order valence-electron chi connectivity index (χ3n) is 1.36. The van der Waals surface area contributed by atoms with Crippen molar-refractivity contribution in [3.63, 3.8) is 0 Å². The Morgan fingerprint density at radius 2 is 1.56 bits per heavy atom. The van der Waals surface area contributed by atoms with Crippen molar-refractivity contribution in [2.45, 2.75) is 20.0 Å². The summed E-state index contributed by atoms with van der Waals surface area (Å²) in [5.74, 6) is -2.73. The zero-order chi connectivity index (χ0) is 14.7. The molecule has 0 aromatic carbocycles. The second kappa shape index (κ2) is 10.3. The van der Waals surface area contributed by atoms with Gasteiger partial charge in [-0.25, -0.2) is 9.59 Å². The molecule has 0 spiro atoms. The van der Waals surface area contributed by atoms with Crippen LogP contribution in [0.4, 0.5) is 0 Å². The number of esters is 1. The molecule has 18 heavy (non-hydrogen) atoms. The molecule has 0 bridgehead atoms. The molecule has 0 amide bonds. The molecule has 0 aliphatic heterocycles. The lowest BCUT2D eigenvalue weighted by molar-refractivity contribution is -0.146. The second-order valence-electron chi connectivity index (χ2n) is 3.69. The van der Waals surface area contributed by atoms with Crippen LogP contribution in [-0.4, -0.2) is 59.8 Å². The average molecular weight is 261 g/mol. The maximum Gasteiger partial charge on any atom is 0.328 e. The monoisotopic (exact) mass is 261 g/mol. The summed E-state index contributed by atoms with van der Waals surface area (Å²) in [5, 5.41) is 15.6. The smallest absolute Gasteiger partial charge is 0.328 e. The summed E-state index contributed by atoms with van der Waals surface area (Å²) in [7, 11) is 3.89. The minimum atomic E-state index is -1.26. The normalized spacial score (nSPS) is 11.6. The third-order valence-corrected chi connectivity index (χ3v) is 1.36. The van der Waals surface area contributed by atoms with E-state index in [4.69, 9.17) is 14.9 Å². The first-order chi connectivity index (χ1) is 8.15. The molecule has 0 aliphatic rings. The number of hydrogen-bond acceptors (Lipinski definition) is 5. The summed E-state index contributed by atoms with van der Waals surface area (Å²) in [6.07, 6.45) is 1.11. The minimum Gasteiger partial charge on any atom is -0.478 e. The summed E-state index contributed by atoms with van der Waals surface area (Å²) in [6.45, 7) is 4.08. The molecule has 0 unspecified atom stereocenters. The van der Waals surface area contributed by atoms with Crippen LogP contribution in [0, 0.1) is 0 Å². The van der Waals surface area contributed by atoms with Crippen molar-refractivity contribution in [3.8, 4) is 0 Å². The molecule has 0 saturated heterocycles. The number of carbonyl (C=O) groups is 3. The van der Waals surface area contributed by atoms with Crippen molar-refractivity contribution in [1.29, 1.82) is 0 Å². The Kier molecular flexibility index (Phi) is 10.5. The SMILES string of the molecule is CC(=O)O[C@H](C)CN(C)C.O=C(O)/C=C\C(=O)O. The van der Waals surface area contributed by atoms with Crippen LogP contribution in [-0.2, 0) is 19.1 Å². The van der Waals surface area contributed by atoms with Gasteiger partial charge in [-0.05, 0) is 21.0 Å². The van der Waals surface area contributed by atoms with Gasteiger partial charge in [-0.2, -0.15) is 0 Å². The lowest BCUT2D eigenvalue weighted by Crippen LogP contribution is -2.27. The Morgan fingerprint density at radius 1 is 1.17 bits per heavy atom. The van der Waals surface area contributed by atoms with E-state index >= 15 is 0 Å². The standard InChI is InChI=1S/C7H15NO2.C4H4O4/c1-6(5-8(3)4)10-7(2)9;5-3(6)1-2-4(7)8/h6H,5H2,1-4H3;1-2H,(H,5,6)(H,7,8)/b;2-1-/t6-;/m1./s1. The molecule has 7 heteroatoms. The van der Waals surface area contributed by atoms with Crippen molar-refractivity contribution in [2.24, 2.45) is 0 Å². The summed E-state index contributed by atoms with van der Waals surface area (Å²) in [5.41, 5.74) is 0. The third kappa shape index (κ3) is 19.6. The molecule has 0 rings (SSSR count). The molecule has 1 atom stereocenters. The fourth-order valence-corrected chi connectivity index (χ4v) is 0.977. The largest absolute Gasteiger partial charge is 0.478 e. The van der Waals surface area contributed by atoms with Crippen LogP contribution in [0.2, 0.25) is 0 Å². The van der Waals surface area contributed by atoms with Crippen molar-refractivity contribution in [2.75, 3.05) is 20.6 Å². The lowest BCUT2D eigenvalue weighted by Gasteiger charge is -2.16. The molecular formula is C11H19NO6. The number of aliphatic carboxylic acids is 2. The Balaban J connectivity index is 0. The first kappa shape index (κ1) is 18.5. The van der Waals surface area contributed by atoms with E-state index in [0.29, 0.717) is 12.2 Å². The van der Waals surface area contributed by atoms with Gasteiger partial charge in [0.15, 0.2) is 0 Å². The number of nitrogens with zero attached hydrogens (tertiary/aromatic N) is 1. The van der Waals surface area contributed by atoms with E-state index < -0.39 is 11.9 Å². The Labute approximate surface area is 106 Å². The molecule has 7 nitrogen and oxygen atoms in total. The number of carboxylic acids is 2. The lowest BCUT2D eigenvalue weighted by atomic mass is 10.4. The molecule has 104 valence electrons. The van der Waals surface area contributed by atoms with E-state index in [1.165, 1.54) is 6.92 Å². The van der Waals surface area contributed by atoms with Crippen molar-refractivity contribution in [3.05, 3.63) is 12.2 Å². The van der Waals surface area contributed by atoms with E-state index in [1.54, 1.807) is 0 Å². The average Bonchev–Trinajstić information content (AvgIpc) is 2.12. The predicted octanol–water partition coefficient (Wildman–Crippen LogP) is 0.211. The summed E-state index contributed by atoms with van der Waals surface area (Å²) in [4.78, 5) is 31.5. The highest BCUT2D eigenvalue weighted by atomic mass is 16.5. The van der Waals surface area contributed by atoms with E-state index in [1.807, 2.05) is 25.9 Å². The topological polar surface area (TPSA) is 104 Å². The molecule has 0 aromatic heterocycles. The zero-order valence-electron chi connectivity index (χ0n) is 10.9. The van der Waals surface area contributed by atoms with Gasteiger partial charge in [0.2, 0.25) is 0 Å². The number of carboxylic acid groups (broad SMARTS) is 2. The molecular weight excluding hydrogens is 242 g/mol. The number of hydrogen-bond donors (Lipinski definition) is 2. The maximum atomic E-state index is 10.4. The van der Waals surface area contributed by atoms with Crippen LogP contribution < -0.4 is 0 Å². The number of ether oxygens (including phenoxy) is 1. The van der Waals surface area contributed by atoms with Gasteiger partial charge in [-0.1, -0.05) is 0 Å². The van der Waals surface area contributed by atoms with Crippen molar-refractivity contribution < 1.29 is 29.3 Å².